The molecule has 0 aliphatic carbocycles. The van der Waals surface area contributed by atoms with Crippen molar-refractivity contribution in [3.63, 3.8) is 0 Å². The van der Waals surface area contributed by atoms with Crippen LogP contribution < -0.4 is 15.7 Å². The fourth-order valence-electron chi connectivity index (χ4n) is 2.27. The van der Waals surface area contributed by atoms with Crippen molar-refractivity contribution in [2.45, 2.75) is 6.54 Å². The number of rotatable bonds is 4. The molecule has 7 heteroatoms. The zero-order valence-electron chi connectivity index (χ0n) is 12.7. The van der Waals surface area contributed by atoms with Crippen molar-refractivity contribution in [1.29, 1.82) is 0 Å². The van der Waals surface area contributed by atoms with Gasteiger partial charge in [0.1, 0.15) is 5.82 Å². The molecular formula is C17H13FN2O4. The van der Waals surface area contributed by atoms with Gasteiger partial charge in [-0.2, -0.15) is 0 Å². The third-order valence-electron chi connectivity index (χ3n) is 3.43. The fourth-order valence-corrected chi connectivity index (χ4v) is 2.27. The van der Waals surface area contributed by atoms with Gasteiger partial charge in [-0.15, -0.1) is 0 Å². The molecule has 24 heavy (non-hydrogen) atoms. The molecule has 2 aromatic heterocycles. The maximum absolute atomic E-state index is 13.2. The highest BCUT2D eigenvalue weighted by molar-refractivity contribution is 5.95. The van der Waals surface area contributed by atoms with E-state index >= 15 is 0 Å². The highest BCUT2D eigenvalue weighted by Gasteiger charge is 2.13. The van der Waals surface area contributed by atoms with Gasteiger partial charge >= 0.3 is 5.63 Å². The number of aromatic nitrogens is 1. The SMILES string of the molecule is COc1ncccc1CNC(=O)c1cc2ccc(F)cc2c(=O)o1. The summed E-state index contributed by atoms with van der Waals surface area (Å²) in [7, 11) is 1.48. The van der Waals surface area contributed by atoms with Crippen molar-refractivity contribution in [3.8, 4) is 5.88 Å². The number of fused-ring (bicyclic) bond motifs is 1. The van der Waals surface area contributed by atoms with Gasteiger partial charge in [0.15, 0.2) is 5.76 Å². The average molecular weight is 328 g/mol. The molecule has 1 amide bonds. The Balaban J connectivity index is 1.84. The van der Waals surface area contributed by atoms with Gasteiger partial charge in [-0.1, -0.05) is 12.1 Å². The van der Waals surface area contributed by atoms with Crippen molar-refractivity contribution < 1.29 is 18.3 Å². The molecule has 0 bridgehead atoms. The minimum Gasteiger partial charge on any atom is -0.481 e. The largest absolute Gasteiger partial charge is 0.481 e. The normalized spacial score (nSPS) is 10.6. The van der Waals surface area contributed by atoms with Crippen LogP contribution in [0.3, 0.4) is 0 Å². The van der Waals surface area contributed by atoms with Crippen LogP contribution in [-0.4, -0.2) is 18.0 Å². The van der Waals surface area contributed by atoms with Gasteiger partial charge in [-0.25, -0.2) is 14.2 Å². The van der Waals surface area contributed by atoms with E-state index in [1.807, 2.05) is 0 Å². The molecule has 0 unspecified atom stereocenters. The Morgan fingerprint density at radius 2 is 2.17 bits per heavy atom. The number of nitrogens with zero attached hydrogens (tertiary/aromatic N) is 1. The summed E-state index contributed by atoms with van der Waals surface area (Å²) in [5.74, 6) is -0.866. The second-order valence-corrected chi connectivity index (χ2v) is 4.98. The van der Waals surface area contributed by atoms with E-state index in [9.17, 15) is 14.0 Å². The van der Waals surface area contributed by atoms with Crippen LogP contribution in [0, 0.1) is 5.82 Å². The number of nitrogens with one attached hydrogen (secondary N) is 1. The molecule has 122 valence electrons. The summed E-state index contributed by atoms with van der Waals surface area (Å²) in [6.45, 7) is 0.154. The van der Waals surface area contributed by atoms with E-state index in [4.69, 9.17) is 9.15 Å². The summed E-state index contributed by atoms with van der Waals surface area (Å²) in [4.78, 5) is 28.1. The smallest absolute Gasteiger partial charge is 0.344 e. The van der Waals surface area contributed by atoms with E-state index < -0.39 is 17.3 Å². The van der Waals surface area contributed by atoms with Crippen LogP contribution in [0.2, 0.25) is 0 Å². The van der Waals surface area contributed by atoms with Crippen LogP contribution in [0.5, 0.6) is 5.88 Å². The quantitative estimate of drug-likeness (QED) is 0.794. The Morgan fingerprint density at radius 3 is 2.96 bits per heavy atom. The number of methoxy groups -OCH3 is 1. The molecule has 6 nitrogen and oxygen atoms in total. The van der Waals surface area contributed by atoms with Crippen LogP contribution in [0.15, 0.2) is 51.8 Å². The Morgan fingerprint density at radius 1 is 1.33 bits per heavy atom. The predicted molar refractivity (Wildman–Crippen MR) is 84.4 cm³/mol. The Kier molecular flexibility index (Phi) is 4.24. The van der Waals surface area contributed by atoms with Crippen molar-refractivity contribution in [2.75, 3.05) is 7.11 Å². The molecule has 0 radical (unpaired) electrons. The Labute approximate surface area is 135 Å². The van der Waals surface area contributed by atoms with Gasteiger partial charge in [0, 0.05) is 18.3 Å². The van der Waals surface area contributed by atoms with Crippen LogP contribution in [-0.2, 0) is 6.54 Å². The summed E-state index contributed by atoms with van der Waals surface area (Å²) in [6.07, 6.45) is 1.58. The van der Waals surface area contributed by atoms with Crippen LogP contribution in [0.4, 0.5) is 4.39 Å². The minimum atomic E-state index is -0.767. The van der Waals surface area contributed by atoms with Crippen molar-refractivity contribution in [3.05, 3.63) is 70.2 Å². The number of benzene rings is 1. The number of pyridine rings is 1. The predicted octanol–water partition coefficient (Wildman–Crippen LogP) is 2.27. The fraction of sp³-hybridized carbons (Fsp3) is 0.118. The number of carbonyl (C=O) groups excluding carboxylic acids is 1. The van der Waals surface area contributed by atoms with Gasteiger partial charge in [-0.05, 0) is 29.7 Å². The summed E-state index contributed by atoms with van der Waals surface area (Å²) >= 11 is 0. The van der Waals surface area contributed by atoms with Crippen molar-refractivity contribution >= 4 is 16.7 Å². The van der Waals surface area contributed by atoms with E-state index in [1.54, 1.807) is 18.3 Å². The monoisotopic (exact) mass is 328 g/mol. The number of halogens is 1. The molecule has 3 rings (SSSR count). The maximum Gasteiger partial charge on any atom is 0.344 e. The standard InChI is InChI=1S/C17H13FN2O4/c1-23-16-11(3-2-6-19-16)9-20-15(21)14-7-10-4-5-12(18)8-13(10)17(22)24-14/h2-8H,9H2,1H3,(H,20,21). The van der Waals surface area contributed by atoms with Crippen LogP contribution >= 0.6 is 0 Å². The highest BCUT2D eigenvalue weighted by atomic mass is 19.1. The first-order chi connectivity index (χ1) is 11.6. The highest BCUT2D eigenvalue weighted by Crippen LogP contribution is 2.15. The molecule has 0 spiro atoms. The van der Waals surface area contributed by atoms with E-state index in [0.717, 1.165) is 6.07 Å². The molecule has 1 aromatic carbocycles. The third kappa shape index (κ3) is 3.10. The van der Waals surface area contributed by atoms with E-state index in [-0.39, 0.29) is 17.7 Å². The topological polar surface area (TPSA) is 81.4 Å². The van der Waals surface area contributed by atoms with Gasteiger partial charge in [-0.3, -0.25) is 4.79 Å². The summed E-state index contributed by atoms with van der Waals surface area (Å²) in [5.41, 5.74) is -0.0883. The zero-order valence-corrected chi connectivity index (χ0v) is 12.7. The molecule has 0 fully saturated rings. The molecular weight excluding hydrogens is 315 g/mol. The first-order valence-corrected chi connectivity index (χ1v) is 7.08. The second kappa shape index (κ2) is 6.49. The van der Waals surface area contributed by atoms with Gasteiger partial charge in [0.2, 0.25) is 5.88 Å². The molecule has 2 heterocycles. The van der Waals surface area contributed by atoms with E-state index in [1.165, 1.54) is 25.3 Å². The van der Waals surface area contributed by atoms with Crippen molar-refractivity contribution in [1.82, 2.24) is 10.3 Å². The number of ether oxygens (including phenoxy) is 1. The first-order valence-electron chi connectivity index (χ1n) is 7.08. The lowest BCUT2D eigenvalue weighted by Gasteiger charge is -2.08. The molecule has 3 aromatic rings. The number of hydrogen-bond donors (Lipinski definition) is 1. The lowest BCUT2D eigenvalue weighted by atomic mass is 10.1. The van der Waals surface area contributed by atoms with Gasteiger partial charge in [0.05, 0.1) is 12.5 Å². The number of carbonyl (C=O) groups is 1. The minimum absolute atomic E-state index is 0.0838. The van der Waals surface area contributed by atoms with E-state index in [2.05, 4.69) is 10.3 Å². The second-order valence-electron chi connectivity index (χ2n) is 4.98. The Bertz CT molecular complexity index is 968. The molecule has 0 aliphatic heterocycles. The molecule has 0 aliphatic rings. The lowest BCUT2D eigenvalue weighted by molar-refractivity contribution is 0.0919. The number of amides is 1. The first kappa shape index (κ1) is 15.7. The maximum atomic E-state index is 13.2. The average Bonchev–Trinajstić information content (AvgIpc) is 2.60. The summed E-state index contributed by atoms with van der Waals surface area (Å²) in [5, 5.41) is 3.14. The molecule has 0 saturated heterocycles. The van der Waals surface area contributed by atoms with E-state index in [0.29, 0.717) is 16.8 Å². The van der Waals surface area contributed by atoms with Crippen molar-refractivity contribution in [2.24, 2.45) is 0 Å². The van der Waals surface area contributed by atoms with Gasteiger partial charge < -0.3 is 14.5 Å². The lowest BCUT2D eigenvalue weighted by Crippen LogP contribution is -2.24. The summed E-state index contributed by atoms with van der Waals surface area (Å²) in [6, 6.07) is 8.57. The van der Waals surface area contributed by atoms with Gasteiger partial charge in [0.25, 0.3) is 5.91 Å². The third-order valence-corrected chi connectivity index (χ3v) is 3.43. The molecule has 0 saturated carbocycles. The van der Waals surface area contributed by atoms with Crippen LogP contribution in [0.1, 0.15) is 16.1 Å². The zero-order chi connectivity index (χ0) is 17.1. The van der Waals surface area contributed by atoms with Crippen LogP contribution in [0.25, 0.3) is 10.8 Å². The molecule has 0 atom stereocenters. The number of hydrogen-bond acceptors (Lipinski definition) is 5. The Hall–Kier alpha value is -3.22. The summed E-state index contributed by atoms with van der Waals surface area (Å²) < 4.78 is 23.2. The molecule has 1 N–H and O–H groups in total.